The molecule has 0 aliphatic carbocycles. The lowest BCUT2D eigenvalue weighted by Gasteiger charge is -2.40. The lowest BCUT2D eigenvalue weighted by atomic mass is 9.84. The zero-order chi connectivity index (χ0) is 20.3. The highest BCUT2D eigenvalue weighted by Crippen LogP contribution is 2.31. The van der Waals surface area contributed by atoms with E-state index in [1.807, 2.05) is 30.4 Å². The third kappa shape index (κ3) is 5.14. The number of hydrogen-bond acceptors (Lipinski definition) is 5. The van der Waals surface area contributed by atoms with E-state index in [1.165, 1.54) is 17.7 Å². The lowest BCUT2D eigenvalue weighted by molar-refractivity contribution is -0.0432. The van der Waals surface area contributed by atoms with Gasteiger partial charge in [0.05, 0.1) is 11.6 Å². The van der Waals surface area contributed by atoms with E-state index < -0.39 is 5.60 Å². The quantitative estimate of drug-likeness (QED) is 0.800. The largest absolute Gasteiger partial charge is 0.457 e. The van der Waals surface area contributed by atoms with Crippen molar-refractivity contribution in [3.8, 4) is 11.5 Å². The van der Waals surface area contributed by atoms with E-state index in [0.717, 1.165) is 51.1 Å². The molecule has 5 nitrogen and oxygen atoms in total. The number of hydrogen-bond donors (Lipinski definition) is 1. The molecule has 154 valence electrons. The van der Waals surface area contributed by atoms with Gasteiger partial charge in [-0.15, -0.1) is 0 Å². The number of halogens is 1. The van der Waals surface area contributed by atoms with Gasteiger partial charge in [0.1, 0.15) is 17.3 Å². The van der Waals surface area contributed by atoms with E-state index in [9.17, 15) is 9.50 Å². The SMILES string of the molecule is CN1N=CCC1CC1(O)CCN(Cc2ccc(Oc3ccc(F)cc3)cc2)CC1. The summed E-state index contributed by atoms with van der Waals surface area (Å²) in [6, 6.07) is 14.3. The Morgan fingerprint density at radius 1 is 1.07 bits per heavy atom. The summed E-state index contributed by atoms with van der Waals surface area (Å²) in [7, 11) is 1.98. The predicted molar refractivity (Wildman–Crippen MR) is 112 cm³/mol. The summed E-state index contributed by atoms with van der Waals surface area (Å²) in [6.45, 7) is 2.64. The topological polar surface area (TPSA) is 48.3 Å². The second-order valence-electron chi connectivity index (χ2n) is 8.17. The van der Waals surface area contributed by atoms with Crippen molar-refractivity contribution in [3.63, 3.8) is 0 Å². The predicted octanol–water partition coefficient (Wildman–Crippen LogP) is 4.02. The maximum atomic E-state index is 13.0. The van der Waals surface area contributed by atoms with Gasteiger partial charge in [-0.2, -0.15) is 5.10 Å². The minimum atomic E-state index is -0.587. The van der Waals surface area contributed by atoms with Crippen LogP contribution < -0.4 is 4.74 Å². The number of piperidine rings is 1. The van der Waals surface area contributed by atoms with Crippen LogP contribution in [0, 0.1) is 5.82 Å². The molecule has 0 aromatic heterocycles. The second kappa shape index (κ2) is 8.51. The first-order valence-electron chi connectivity index (χ1n) is 10.2. The molecule has 2 aromatic rings. The van der Waals surface area contributed by atoms with Crippen molar-refractivity contribution >= 4 is 6.21 Å². The van der Waals surface area contributed by atoms with Crippen molar-refractivity contribution in [1.29, 1.82) is 0 Å². The van der Waals surface area contributed by atoms with Gasteiger partial charge in [0.25, 0.3) is 0 Å². The highest BCUT2D eigenvalue weighted by molar-refractivity contribution is 5.59. The Labute approximate surface area is 171 Å². The molecule has 1 saturated heterocycles. The minimum Gasteiger partial charge on any atom is -0.457 e. The van der Waals surface area contributed by atoms with Crippen molar-refractivity contribution in [2.45, 2.75) is 43.9 Å². The molecule has 0 saturated carbocycles. The zero-order valence-electron chi connectivity index (χ0n) is 16.8. The zero-order valence-corrected chi connectivity index (χ0v) is 16.8. The minimum absolute atomic E-state index is 0.273. The van der Waals surface area contributed by atoms with Gasteiger partial charge in [0.2, 0.25) is 0 Å². The van der Waals surface area contributed by atoms with Gasteiger partial charge in [-0.05, 0) is 61.2 Å². The van der Waals surface area contributed by atoms with Crippen LogP contribution in [0.1, 0.15) is 31.2 Å². The van der Waals surface area contributed by atoms with Crippen LogP contribution in [0.2, 0.25) is 0 Å². The molecule has 2 aromatic carbocycles. The van der Waals surface area contributed by atoms with Gasteiger partial charge < -0.3 is 9.84 Å². The normalized spacial score (nSPS) is 21.5. The first kappa shape index (κ1) is 19.9. The van der Waals surface area contributed by atoms with E-state index in [-0.39, 0.29) is 5.82 Å². The van der Waals surface area contributed by atoms with Crippen molar-refractivity contribution in [3.05, 3.63) is 59.9 Å². The molecule has 1 fully saturated rings. The molecule has 2 heterocycles. The smallest absolute Gasteiger partial charge is 0.127 e. The fourth-order valence-electron chi connectivity index (χ4n) is 4.09. The fourth-order valence-corrected chi connectivity index (χ4v) is 4.09. The van der Waals surface area contributed by atoms with Crippen molar-refractivity contribution < 1.29 is 14.2 Å². The average Bonchev–Trinajstić information content (AvgIpc) is 3.11. The summed E-state index contributed by atoms with van der Waals surface area (Å²) >= 11 is 0. The highest BCUT2D eigenvalue weighted by atomic mass is 19.1. The Morgan fingerprint density at radius 2 is 1.69 bits per heavy atom. The first-order valence-corrected chi connectivity index (χ1v) is 10.2. The molecule has 0 bridgehead atoms. The second-order valence-corrected chi connectivity index (χ2v) is 8.17. The molecule has 29 heavy (non-hydrogen) atoms. The monoisotopic (exact) mass is 397 g/mol. The van der Waals surface area contributed by atoms with Crippen LogP contribution >= 0.6 is 0 Å². The maximum absolute atomic E-state index is 13.0. The van der Waals surface area contributed by atoms with Crippen molar-refractivity contribution in [1.82, 2.24) is 9.91 Å². The van der Waals surface area contributed by atoms with E-state index in [0.29, 0.717) is 11.8 Å². The van der Waals surface area contributed by atoms with E-state index in [1.54, 1.807) is 12.1 Å². The first-order chi connectivity index (χ1) is 14.0. The van der Waals surface area contributed by atoms with Gasteiger partial charge in [0, 0.05) is 39.3 Å². The number of aliphatic hydroxyl groups is 1. The van der Waals surface area contributed by atoms with Crippen LogP contribution in [0.25, 0.3) is 0 Å². The molecule has 1 unspecified atom stereocenters. The van der Waals surface area contributed by atoms with Crippen LogP contribution in [0.15, 0.2) is 53.6 Å². The molecule has 1 atom stereocenters. The van der Waals surface area contributed by atoms with Gasteiger partial charge in [-0.3, -0.25) is 9.91 Å². The number of benzene rings is 2. The Hall–Kier alpha value is -2.44. The molecular formula is C23H28FN3O2. The number of ether oxygens (including phenoxy) is 1. The molecule has 0 radical (unpaired) electrons. The highest BCUT2D eigenvalue weighted by Gasteiger charge is 2.36. The summed E-state index contributed by atoms with van der Waals surface area (Å²) in [6.07, 6.45) is 5.24. The van der Waals surface area contributed by atoms with E-state index in [4.69, 9.17) is 4.74 Å². The maximum Gasteiger partial charge on any atom is 0.127 e. The molecular weight excluding hydrogens is 369 g/mol. The molecule has 0 spiro atoms. The average molecular weight is 397 g/mol. The van der Waals surface area contributed by atoms with Gasteiger partial charge in [-0.25, -0.2) is 4.39 Å². The Kier molecular flexibility index (Phi) is 5.83. The number of hydrazone groups is 1. The van der Waals surface area contributed by atoms with Gasteiger partial charge in [-0.1, -0.05) is 12.1 Å². The number of likely N-dealkylation sites (tertiary alicyclic amines) is 1. The van der Waals surface area contributed by atoms with Crippen LogP contribution in [0.4, 0.5) is 4.39 Å². The fraction of sp³-hybridized carbons (Fsp3) is 0.435. The van der Waals surface area contributed by atoms with Crippen molar-refractivity contribution in [2.24, 2.45) is 5.10 Å². The van der Waals surface area contributed by atoms with Crippen LogP contribution in [-0.2, 0) is 6.54 Å². The number of rotatable bonds is 6. The van der Waals surface area contributed by atoms with E-state index in [2.05, 4.69) is 22.1 Å². The van der Waals surface area contributed by atoms with Gasteiger partial charge in [0.15, 0.2) is 0 Å². The third-order valence-corrected chi connectivity index (χ3v) is 5.95. The summed E-state index contributed by atoms with van der Waals surface area (Å²) in [5.74, 6) is 1.08. The third-order valence-electron chi connectivity index (χ3n) is 5.95. The van der Waals surface area contributed by atoms with Crippen LogP contribution in [0.3, 0.4) is 0 Å². The lowest BCUT2D eigenvalue weighted by Crippen LogP contribution is -2.47. The molecule has 6 heteroatoms. The van der Waals surface area contributed by atoms with Crippen molar-refractivity contribution in [2.75, 3.05) is 20.1 Å². The van der Waals surface area contributed by atoms with Crippen LogP contribution in [-0.4, -0.2) is 53.0 Å². The number of nitrogens with zero attached hydrogens (tertiary/aromatic N) is 3. The molecule has 1 N–H and O–H groups in total. The Balaban J connectivity index is 1.26. The summed E-state index contributed by atoms with van der Waals surface area (Å²) in [4.78, 5) is 2.39. The van der Waals surface area contributed by atoms with Gasteiger partial charge >= 0.3 is 0 Å². The Bertz CT molecular complexity index is 830. The molecule has 2 aliphatic rings. The Morgan fingerprint density at radius 3 is 2.28 bits per heavy atom. The summed E-state index contributed by atoms with van der Waals surface area (Å²) < 4.78 is 18.7. The summed E-state index contributed by atoms with van der Waals surface area (Å²) in [5.41, 5.74) is 0.626. The molecule has 0 amide bonds. The standard InChI is InChI=1S/C23H28FN3O2/c1-26-20(10-13-25-26)16-23(28)11-14-27(15-12-23)17-18-2-6-21(7-3-18)29-22-8-4-19(24)5-9-22/h2-9,13,20,28H,10-12,14-17H2,1H3. The van der Waals surface area contributed by atoms with Crippen LogP contribution in [0.5, 0.6) is 11.5 Å². The molecule has 4 rings (SSSR count). The van der Waals surface area contributed by atoms with E-state index >= 15 is 0 Å². The molecule has 2 aliphatic heterocycles. The summed E-state index contributed by atoms with van der Waals surface area (Å²) in [5, 5.41) is 17.2.